The molecule has 2 aliphatic carbocycles. The lowest BCUT2D eigenvalue weighted by atomic mass is 10.0. The third kappa shape index (κ3) is 4.06. The molecule has 4 rings (SSSR count). The van der Waals surface area contributed by atoms with E-state index in [1.54, 1.807) is 18.2 Å². The maximum Gasteiger partial charge on any atom is 0.271 e. The minimum absolute atomic E-state index is 0.137. The Morgan fingerprint density at radius 2 is 1.89 bits per heavy atom. The third-order valence-corrected chi connectivity index (χ3v) is 6.03. The summed E-state index contributed by atoms with van der Waals surface area (Å²) in [6, 6.07) is 7.35. The van der Waals surface area contributed by atoms with Crippen LogP contribution in [0.2, 0.25) is 10.2 Å². The molecule has 6 nitrogen and oxygen atoms in total. The van der Waals surface area contributed by atoms with E-state index in [1.807, 2.05) is 6.07 Å². The van der Waals surface area contributed by atoms with E-state index in [0.717, 1.165) is 25.7 Å². The Bertz CT molecular complexity index is 915. The van der Waals surface area contributed by atoms with Crippen molar-refractivity contribution in [1.82, 2.24) is 15.3 Å². The zero-order chi connectivity index (χ0) is 19.7. The van der Waals surface area contributed by atoms with E-state index in [2.05, 4.69) is 15.3 Å². The number of fused-ring (bicyclic) bond motifs is 1. The standard InChI is InChI=1S/C20H18Cl2N4O2/c21-17-7-15(2-1-11(17)8-23)28-16-5-12-3-14(4-13(12)6-16)26-20(27)18-9-25-19(22)10-24-18/h1-2,7,9-10,12-14,16H,3-6H2,(H,26,27)/t12-,13+,14?,16?. The molecule has 4 atom stereocenters. The number of benzene rings is 1. The van der Waals surface area contributed by atoms with Gasteiger partial charge in [0.15, 0.2) is 0 Å². The molecule has 0 aliphatic heterocycles. The highest BCUT2D eigenvalue weighted by atomic mass is 35.5. The van der Waals surface area contributed by atoms with Crippen molar-refractivity contribution in [3.8, 4) is 11.8 Å². The summed E-state index contributed by atoms with van der Waals surface area (Å²) in [6.45, 7) is 0. The largest absolute Gasteiger partial charge is 0.490 e. The van der Waals surface area contributed by atoms with Crippen LogP contribution in [-0.2, 0) is 0 Å². The first-order valence-corrected chi connectivity index (χ1v) is 9.92. The van der Waals surface area contributed by atoms with Gasteiger partial charge in [-0.1, -0.05) is 23.2 Å². The molecule has 0 radical (unpaired) electrons. The number of amides is 1. The second kappa shape index (κ2) is 7.94. The van der Waals surface area contributed by atoms with E-state index in [0.29, 0.717) is 28.2 Å². The van der Waals surface area contributed by atoms with Gasteiger partial charge >= 0.3 is 0 Å². The summed E-state index contributed by atoms with van der Waals surface area (Å²) < 4.78 is 6.08. The van der Waals surface area contributed by atoms with Crippen molar-refractivity contribution in [1.29, 1.82) is 5.26 Å². The number of nitriles is 1. The van der Waals surface area contributed by atoms with E-state index < -0.39 is 0 Å². The molecule has 0 bridgehead atoms. The zero-order valence-electron chi connectivity index (χ0n) is 14.9. The first-order valence-electron chi connectivity index (χ1n) is 9.16. The van der Waals surface area contributed by atoms with Crippen LogP contribution in [-0.4, -0.2) is 28.0 Å². The van der Waals surface area contributed by atoms with Crippen LogP contribution in [0.5, 0.6) is 5.75 Å². The molecule has 1 aromatic carbocycles. The molecule has 144 valence electrons. The van der Waals surface area contributed by atoms with Crippen LogP contribution in [0.1, 0.15) is 41.7 Å². The predicted octanol–water partition coefficient (Wildman–Crippen LogP) is 4.02. The van der Waals surface area contributed by atoms with Crippen LogP contribution in [0.15, 0.2) is 30.6 Å². The Morgan fingerprint density at radius 3 is 2.50 bits per heavy atom. The Labute approximate surface area is 172 Å². The molecule has 1 amide bonds. The lowest BCUT2D eigenvalue weighted by molar-refractivity contribution is 0.0929. The highest BCUT2D eigenvalue weighted by molar-refractivity contribution is 6.31. The number of hydrogen-bond donors (Lipinski definition) is 1. The van der Waals surface area contributed by atoms with Crippen molar-refractivity contribution < 1.29 is 9.53 Å². The fourth-order valence-corrected chi connectivity index (χ4v) is 4.63. The molecule has 1 aromatic heterocycles. The number of ether oxygens (including phenoxy) is 1. The summed E-state index contributed by atoms with van der Waals surface area (Å²) in [5.41, 5.74) is 0.724. The summed E-state index contributed by atoms with van der Waals surface area (Å²) in [5.74, 6) is 1.54. The average molecular weight is 417 g/mol. The van der Waals surface area contributed by atoms with Gasteiger partial charge in [-0.2, -0.15) is 5.26 Å². The summed E-state index contributed by atoms with van der Waals surface area (Å²) >= 11 is 11.8. The van der Waals surface area contributed by atoms with Crippen molar-refractivity contribution in [3.63, 3.8) is 0 Å². The first-order chi connectivity index (χ1) is 13.5. The van der Waals surface area contributed by atoms with E-state index >= 15 is 0 Å². The van der Waals surface area contributed by atoms with Gasteiger partial charge in [0.2, 0.25) is 0 Å². The minimum atomic E-state index is -0.214. The molecule has 1 N–H and O–H groups in total. The molecule has 2 unspecified atom stereocenters. The number of aromatic nitrogens is 2. The fourth-order valence-electron chi connectivity index (χ4n) is 4.32. The Hall–Kier alpha value is -2.36. The molecule has 2 saturated carbocycles. The Kier molecular flexibility index (Phi) is 5.38. The van der Waals surface area contributed by atoms with Gasteiger partial charge in [-0.25, -0.2) is 9.97 Å². The van der Waals surface area contributed by atoms with Gasteiger partial charge in [-0.3, -0.25) is 4.79 Å². The smallest absolute Gasteiger partial charge is 0.271 e. The molecule has 0 saturated heterocycles. The average Bonchev–Trinajstić information content (AvgIpc) is 3.20. The van der Waals surface area contributed by atoms with Gasteiger partial charge in [-0.15, -0.1) is 0 Å². The number of nitrogens with zero attached hydrogens (tertiary/aromatic N) is 3. The van der Waals surface area contributed by atoms with Gasteiger partial charge in [0.25, 0.3) is 5.91 Å². The van der Waals surface area contributed by atoms with E-state index in [4.69, 9.17) is 33.2 Å². The predicted molar refractivity (Wildman–Crippen MR) is 104 cm³/mol. The molecular weight excluding hydrogens is 399 g/mol. The first kappa shape index (κ1) is 19.0. The summed E-state index contributed by atoms with van der Waals surface area (Å²) in [4.78, 5) is 20.2. The van der Waals surface area contributed by atoms with Crippen LogP contribution in [0.25, 0.3) is 0 Å². The number of rotatable bonds is 4. The maximum atomic E-state index is 12.3. The van der Waals surface area contributed by atoms with Crippen molar-refractivity contribution >= 4 is 29.1 Å². The Morgan fingerprint density at radius 1 is 1.14 bits per heavy atom. The van der Waals surface area contributed by atoms with Crippen LogP contribution in [0, 0.1) is 23.2 Å². The molecule has 2 fully saturated rings. The molecule has 8 heteroatoms. The van der Waals surface area contributed by atoms with E-state index in [9.17, 15) is 4.79 Å². The molecule has 2 aliphatic rings. The van der Waals surface area contributed by atoms with Crippen molar-refractivity contribution in [2.75, 3.05) is 0 Å². The number of hydrogen-bond acceptors (Lipinski definition) is 5. The van der Waals surface area contributed by atoms with Crippen LogP contribution >= 0.6 is 23.2 Å². The van der Waals surface area contributed by atoms with E-state index in [1.165, 1.54) is 12.4 Å². The van der Waals surface area contributed by atoms with Crippen LogP contribution in [0.4, 0.5) is 0 Å². The topological polar surface area (TPSA) is 87.9 Å². The van der Waals surface area contributed by atoms with Gasteiger partial charge in [0.05, 0.1) is 29.1 Å². The van der Waals surface area contributed by atoms with Gasteiger partial charge in [0, 0.05) is 12.1 Å². The molecule has 28 heavy (non-hydrogen) atoms. The monoisotopic (exact) mass is 416 g/mol. The number of carbonyl (C=O) groups is 1. The highest BCUT2D eigenvalue weighted by Gasteiger charge is 2.43. The summed E-state index contributed by atoms with van der Waals surface area (Å²) in [5, 5.41) is 12.7. The summed E-state index contributed by atoms with van der Waals surface area (Å²) in [7, 11) is 0. The second-order valence-corrected chi connectivity index (χ2v) is 8.15. The zero-order valence-corrected chi connectivity index (χ0v) is 16.5. The summed E-state index contributed by atoms with van der Waals surface area (Å²) in [6.07, 6.45) is 6.68. The lowest BCUT2D eigenvalue weighted by Crippen LogP contribution is -2.34. The minimum Gasteiger partial charge on any atom is -0.490 e. The number of nitrogens with one attached hydrogen (secondary N) is 1. The van der Waals surface area contributed by atoms with Gasteiger partial charge in [0.1, 0.15) is 22.7 Å². The lowest BCUT2D eigenvalue weighted by Gasteiger charge is -2.18. The molecule has 2 aromatic rings. The number of halogens is 2. The fraction of sp³-hybridized carbons (Fsp3) is 0.400. The third-order valence-electron chi connectivity index (χ3n) is 5.52. The quantitative estimate of drug-likeness (QED) is 0.812. The van der Waals surface area contributed by atoms with Crippen molar-refractivity contribution in [2.45, 2.75) is 37.8 Å². The van der Waals surface area contributed by atoms with Crippen molar-refractivity contribution in [3.05, 3.63) is 52.0 Å². The molecule has 0 spiro atoms. The number of carbonyl (C=O) groups excluding carboxylic acids is 1. The van der Waals surface area contributed by atoms with Gasteiger partial charge in [-0.05, 0) is 49.7 Å². The molecule has 1 heterocycles. The van der Waals surface area contributed by atoms with Crippen LogP contribution in [0.3, 0.4) is 0 Å². The van der Waals surface area contributed by atoms with Crippen molar-refractivity contribution in [2.24, 2.45) is 11.8 Å². The van der Waals surface area contributed by atoms with Gasteiger partial charge < -0.3 is 10.1 Å². The second-order valence-electron chi connectivity index (χ2n) is 7.35. The SMILES string of the molecule is N#Cc1ccc(OC2C[C@H]3CC(NC(=O)c4cnc(Cl)cn4)C[C@H]3C2)cc1Cl. The molecular formula is C20H18Cl2N4O2. The van der Waals surface area contributed by atoms with E-state index in [-0.39, 0.29) is 28.9 Å². The Balaban J connectivity index is 1.30. The maximum absolute atomic E-state index is 12.3. The highest BCUT2D eigenvalue weighted by Crippen LogP contribution is 2.45. The van der Waals surface area contributed by atoms with Crippen LogP contribution < -0.4 is 10.1 Å². The normalized spacial score (nSPS) is 25.8.